The van der Waals surface area contributed by atoms with Crippen molar-refractivity contribution in [3.05, 3.63) is 35.9 Å². The Hall–Kier alpha value is -2.04. The molecule has 0 aliphatic rings. The molecule has 0 unspecified atom stereocenters. The molecule has 0 saturated carbocycles. The first-order chi connectivity index (χ1) is 10.8. The molecule has 1 atom stereocenters. The second kappa shape index (κ2) is 9.18. The number of amides is 1. The maximum atomic E-state index is 12.0. The van der Waals surface area contributed by atoms with E-state index in [0.717, 1.165) is 12.8 Å². The number of nitrogens with one attached hydrogen (secondary N) is 1. The van der Waals surface area contributed by atoms with Crippen LogP contribution in [0, 0.1) is 0 Å². The van der Waals surface area contributed by atoms with Crippen molar-refractivity contribution in [3.63, 3.8) is 0 Å². The molecular weight excluding hydrogens is 294 g/mol. The van der Waals surface area contributed by atoms with Gasteiger partial charge in [-0.3, -0.25) is 0 Å². The lowest BCUT2D eigenvalue weighted by Crippen LogP contribution is -2.44. The van der Waals surface area contributed by atoms with Crippen molar-refractivity contribution in [2.75, 3.05) is 6.61 Å². The Bertz CT molecular complexity index is 493. The van der Waals surface area contributed by atoms with Crippen LogP contribution in [0.2, 0.25) is 0 Å². The number of alkyl carbamates (subject to hydrolysis) is 1. The highest BCUT2D eigenvalue weighted by atomic mass is 16.6. The molecule has 5 heteroatoms. The fourth-order valence-electron chi connectivity index (χ4n) is 2.10. The Morgan fingerprint density at radius 3 is 2.39 bits per heavy atom. The summed E-state index contributed by atoms with van der Waals surface area (Å²) in [6, 6.07) is 9.33. The average Bonchev–Trinajstić information content (AvgIpc) is 2.45. The number of esters is 1. The fraction of sp³-hybridized carbons (Fsp3) is 0.556. The maximum Gasteiger partial charge on any atom is 0.408 e. The molecule has 0 radical (unpaired) electrons. The van der Waals surface area contributed by atoms with E-state index in [0.29, 0.717) is 6.42 Å². The monoisotopic (exact) mass is 321 g/mol. The van der Waals surface area contributed by atoms with Gasteiger partial charge in [0.15, 0.2) is 0 Å². The van der Waals surface area contributed by atoms with Gasteiger partial charge in [0.25, 0.3) is 0 Å². The third-order valence-electron chi connectivity index (χ3n) is 3.06. The molecule has 1 aromatic rings. The minimum absolute atomic E-state index is 0.282. The zero-order valence-electron chi connectivity index (χ0n) is 14.4. The average molecular weight is 321 g/mol. The number of aryl methyl sites for hydroxylation is 1. The Morgan fingerprint density at radius 1 is 1.17 bits per heavy atom. The van der Waals surface area contributed by atoms with Crippen molar-refractivity contribution in [2.45, 2.75) is 58.6 Å². The maximum absolute atomic E-state index is 12.0. The lowest BCUT2D eigenvalue weighted by atomic mass is 10.0. The number of carbonyl (C=O) groups excluding carboxylic acids is 2. The van der Waals surface area contributed by atoms with E-state index in [-0.39, 0.29) is 6.61 Å². The summed E-state index contributed by atoms with van der Waals surface area (Å²) in [5, 5.41) is 2.61. The van der Waals surface area contributed by atoms with Gasteiger partial charge in [-0.2, -0.15) is 0 Å². The van der Waals surface area contributed by atoms with Gasteiger partial charge in [-0.05, 0) is 52.5 Å². The first kappa shape index (κ1) is 19.0. The molecule has 1 rings (SSSR count). The zero-order chi connectivity index (χ0) is 17.3. The van der Waals surface area contributed by atoms with Crippen LogP contribution in [0.25, 0.3) is 0 Å². The Kier molecular flexibility index (Phi) is 7.59. The Balaban J connectivity index is 2.55. The van der Waals surface area contributed by atoms with E-state index in [4.69, 9.17) is 9.47 Å². The van der Waals surface area contributed by atoms with Crippen LogP contribution in [0.5, 0.6) is 0 Å². The summed E-state index contributed by atoms with van der Waals surface area (Å²) in [6.07, 6.45) is 1.51. The first-order valence-corrected chi connectivity index (χ1v) is 8.02. The van der Waals surface area contributed by atoms with Crippen LogP contribution in [0.15, 0.2) is 30.3 Å². The largest absolute Gasteiger partial charge is 0.464 e. The number of carbonyl (C=O) groups is 2. The molecule has 0 aliphatic heterocycles. The van der Waals surface area contributed by atoms with E-state index in [2.05, 4.69) is 5.32 Å². The molecule has 5 nitrogen and oxygen atoms in total. The second-order valence-corrected chi connectivity index (χ2v) is 6.33. The molecular formula is C18H27NO4. The van der Waals surface area contributed by atoms with Crippen LogP contribution >= 0.6 is 0 Å². The minimum Gasteiger partial charge on any atom is -0.464 e. The highest BCUT2D eigenvalue weighted by Crippen LogP contribution is 2.10. The van der Waals surface area contributed by atoms with Gasteiger partial charge in [-0.1, -0.05) is 30.3 Å². The first-order valence-electron chi connectivity index (χ1n) is 8.02. The van der Waals surface area contributed by atoms with Gasteiger partial charge < -0.3 is 14.8 Å². The molecule has 23 heavy (non-hydrogen) atoms. The highest BCUT2D eigenvalue weighted by Gasteiger charge is 2.24. The summed E-state index contributed by atoms with van der Waals surface area (Å²) < 4.78 is 10.2. The van der Waals surface area contributed by atoms with Crippen LogP contribution in [-0.4, -0.2) is 30.3 Å². The second-order valence-electron chi connectivity index (χ2n) is 6.33. The quantitative estimate of drug-likeness (QED) is 0.781. The molecule has 128 valence electrons. The van der Waals surface area contributed by atoms with Crippen molar-refractivity contribution in [3.8, 4) is 0 Å². The summed E-state index contributed by atoms with van der Waals surface area (Å²) in [4.78, 5) is 23.9. The van der Waals surface area contributed by atoms with E-state index >= 15 is 0 Å². The van der Waals surface area contributed by atoms with Gasteiger partial charge in [0.1, 0.15) is 11.6 Å². The SMILES string of the molecule is CCOC(=O)[C@H](CCCc1ccccc1)NC(=O)OC(C)(C)C. The molecule has 1 N–H and O–H groups in total. The Morgan fingerprint density at radius 2 is 1.83 bits per heavy atom. The van der Waals surface area contributed by atoms with Crippen molar-refractivity contribution in [1.82, 2.24) is 5.32 Å². The van der Waals surface area contributed by atoms with Gasteiger partial charge in [-0.15, -0.1) is 0 Å². The van der Waals surface area contributed by atoms with Crippen molar-refractivity contribution < 1.29 is 19.1 Å². The fourth-order valence-corrected chi connectivity index (χ4v) is 2.10. The molecule has 0 fully saturated rings. The van der Waals surface area contributed by atoms with E-state index in [1.807, 2.05) is 30.3 Å². The van der Waals surface area contributed by atoms with E-state index in [1.54, 1.807) is 27.7 Å². The van der Waals surface area contributed by atoms with Gasteiger partial charge in [0, 0.05) is 0 Å². The number of benzene rings is 1. The van der Waals surface area contributed by atoms with Crippen LogP contribution in [0.3, 0.4) is 0 Å². The summed E-state index contributed by atoms with van der Waals surface area (Å²) in [7, 11) is 0. The summed E-state index contributed by atoms with van der Waals surface area (Å²) in [6.45, 7) is 7.36. The molecule has 0 spiro atoms. The summed E-state index contributed by atoms with van der Waals surface area (Å²) in [5.41, 5.74) is 0.597. The third-order valence-corrected chi connectivity index (χ3v) is 3.06. The predicted octanol–water partition coefficient (Wildman–Crippen LogP) is 3.47. The number of rotatable bonds is 7. The lowest BCUT2D eigenvalue weighted by molar-refractivity contribution is -0.145. The van der Waals surface area contributed by atoms with Gasteiger partial charge in [-0.25, -0.2) is 9.59 Å². The molecule has 0 saturated heterocycles. The standard InChI is InChI=1S/C18H27NO4/c1-5-22-16(20)15(19-17(21)23-18(2,3)4)13-9-12-14-10-7-6-8-11-14/h6-8,10-11,15H,5,9,12-13H2,1-4H3,(H,19,21)/t15-/m0/s1. The normalized spacial score (nSPS) is 12.3. The topological polar surface area (TPSA) is 64.6 Å². The summed E-state index contributed by atoms with van der Waals surface area (Å²) in [5.74, 6) is -0.425. The van der Waals surface area contributed by atoms with Crippen LogP contribution < -0.4 is 5.32 Å². The number of hydrogen-bond donors (Lipinski definition) is 1. The number of ether oxygens (including phenoxy) is 2. The smallest absolute Gasteiger partial charge is 0.408 e. The Labute approximate surface area is 138 Å². The molecule has 1 amide bonds. The third kappa shape index (κ3) is 8.24. The molecule has 1 aromatic carbocycles. The predicted molar refractivity (Wildman–Crippen MR) is 89.2 cm³/mol. The van der Waals surface area contributed by atoms with Crippen molar-refractivity contribution >= 4 is 12.1 Å². The van der Waals surface area contributed by atoms with Crippen LogP contribution in [-0.2, 0) is 20.7 Å². The molecule has 0 bridgehead atoms. The number of hydrogen-bond acceptors (Lipinski definition) is 4. The molecule has 0 heterocycles. The summed E-state index contributed by atoms with van der Waals surface area (Å²) >= 11 is 0. The zero-order valence-corrected chi connectivity index (χ0v) is 14.4. The van der Waals surface area contributed by atoms with Crippen molar-refractivity contribution in [2.24, 2.45) is 0 Å². The minimum atomic E-state index is -0.687. The van der Waals surface area contributed by atoms with E-state index < -0.39 is 23.7 Å². The van der Waals surface area contributed by atoms with Gasteiger partial charge in [0.05, 0.1) is 6.61 Å². The van der Waals surface area contributed by atoms with E-state index in [1.165, 1.54) is 5.56 Å². The highest BCUT2D eigenvalue weighted by molar-refractivity contribution is 5.81. The van der Waals surface area contributed by atoms with Crippen LogP contribution in [0.1, 0.15) is 46.1 Å². The lowest BCUT2D eigenvalue weighted by Gasteiger charge is -2.22. The van der Waals surface area contributed by atoms with Gasteiger partial charge in [0.2, 0.25) is 0 Å². The van der Waals surface area contributed by atoms with Crippen molar-refractivity contribution in [1.29, 1.82) is 0 Å². The van der Waals surface area contributed by atoms with E-state index in [9.17, 15) is 9.59 Å². The van der Waals surface area contributed by atoms with Gasteiger partial charge >= 0.3 is 12.1 Å². The van der Waals surface area contributed by atoms with Crippen LogP contribution in [0.4, 0.5) is 4.79 Å². The molecule has 0 aliphatic carbocycles. The molecule has 0 aromatic heterocycles.